The van der Waals surface area contributed by atoms with Gasteiger partial charge in [-0.15, -0.1) is 0 Å². The Labute approximate surface area is 163 Å². The number of aromatic nitrogens is 2. The average Bonchev–Trinajstić information content (AvgIpc) is 3.07. The SMILES string of the molecule is CC(C)(C)OC(=O)NCCO/N=C(\c1ccccc1)c1cc2ccncc2[nH]1. The van der Waals surface area contributed by atoms with Crippen molar-refractivity contribution in [2.24, 2.45) is 5.16 Å². The normalized spacial score (nSPS) is 12.0. The maximum absolute atomic E-state index is 11.7. The van der Waals surface area contributed by atoms with Crippen LogP contribution in [0.1, 0.15) is 32.0 Å². The van der Waals surface area contributed by atoms with Gasteiger partial charge in [0.15, 0.2) is 0 Å². The molecule has 0 fully saturated rings. The van der Waals surface area contributed by atoms with Gasteiger partial charge in [-0.3, -0.25) is 4.98 Å². The molecule has 0 spiro atoms. The largest absolute Gasteiger partial charge is 0.444 e. The molecule has 0 atom stereocenters. The fourth-order valence-electron chi connectivity index (χ4n) is 2.58. The Morgan fingerprint density at radius 1 is 1.21 bits per heavy atom. The first-order valence-electron chi connectivity index (χ1n) is 9.08. The number of fused-ring (bicyclic) bond motifs is 1. The van der Waals surface area contributed by atoms with Crippen molar-refractivity contribution in [2.75, 3.05) is 13.2 Å². The first-order valence-corrected chi connectivity index (χ1v) is 9.08. The first-order chi connectivity index (χ1) is 13.4. The van der Waals surface area contributed by atoms with E-state index in [-0.39, 0.29) is 13.2 Å². The Kier molecular flexibility index (Phi) is 5.93. The van der Waals surface area contributed by atoms with Crippen LogP contribution in [0.2, 0.25) is 0 Å². The zero-order valence-electron chi connectivity index (χ0n) is 16.2. The van der Waals surface area contributed by atoms with Gasteiger partial charge >= 0.3 is 6.09 Å². The predicted octanol–water partition coefficient (Wildman–Crippen LogP) is 3.86. The zero-order valence-corrected chi connectivity index (χ0v) is 16.2. The van der Waals surface area contributed by atoms with Crippen molar-refractivity contribution in [1.29, 1.82) is 0 Å². The quantitative estimate of drug-likeness (QED) is 0.386. The van der Waals surface area contributed by atoms with Gasteiger partial charge in [0, 0.05) is 17.1 Å². The Morgan fingerprint density at radius 3 is 2.71 bits per heavy atom. The molecule has 146 valence electrons. The highest BCUT2D eigenvalue weighted by Crippen LogP contribution is 2.17. The molecule has 0 aliphatic rings. The van der Waals surface area contributed by atoms with Gasteiger partial charge in [-0.05, 0) is 32.9 Å². The number of hydrogen-bond acceptors (Lipinski definition) is 5. The summed E-state index contributed by atoms with van der Waals surface area (Å²) >= 11 is 0. The molecule has 3 aromatic rings. The van der Waals surface area contributed by atoms with E-state index in [0.29, 0.717) is 5.71 Å². The average molecular weight is 380 g/mol. The highest BCUT2D eigenvalue weighted by molar-refractivity contribution is 6.13. The van der Waals surface area contributed by atoms with Crippen LogP contribution in [0.15, 0.2) is 60.0 Å². The fraction of sp³-hybridized carbons (Fsp3) is 0.286. The molecular formula is C21H24N4O3. The second kappa shape index (κ2) is 8.56. The number of amides is 1. The van der Waals surface area contributed by atoms with E-state index >= 15 is 0 Å². The molecule has 0 unspecified atom stereocenters. The van der Waals surface area contributed by atoms with Crippen molar-refractivity contribution in [1.82, 2.24) is 15.3 Å². The molecule has 1 amide bonds. The number of nitrogens with one attached hydrogen (secondary N) is 2. The summed E-state index contributed by atoms with van der Waals surface area (Å²) < 4.78 is 5.19. The van der Waals surface area contributed by atoms with Crippen LogP contribution in [0.25, 0.3) is 10.9 Å². The van der Waals surface area contributed by atoms with E-state index in [1.807, 2.05) is 63.2 Å². The molecule has 3 rings (SSSR count). The Balaban J connectivity index is 1.69. The van der Waals surface area contributed by atoms with Crippen LogP contribution in [0.5, 0.6) is 0 Å². The van der Waals surface area contributed by atoms with Crippen molar-refractivity contribution in [3.8, 4) is 0 Å². The number of rotatable bonds is 6. The van der Waals surface area contributed by atoms with Gasteiger partial charge in [-0.25, -0.2) is 4.79 Å². The summed E-state index contributed by atoms with van der Waals surface area (Å²) in [6, 6.07) is 13.7. The minimum atomic E-state index is -0.534. The monoisotopic (exact) mass is 380 g/mol. The lowest BCUT2D eigenvalue weighted by atomic mass is 10.1. The van der Waals surface area contributed by atoms with Gasteiger partial charge in [0.25, 0.3) is 0 Å². The third-order valence-corrected chi connectivity index (χ3v) is 3.74. The van der Waals surface area contributed by atoms with E-state index in [4.69, 9.17) is 9.57 Å². The van der Waals surface area contributed by atoms with Crippen LogP contribution in [0.4, 0.5) is 4.79 Å². The van der Waals surface area contributed by atoms with Crippen molar-refractivity contribution < 1.29 is 14.4 Å². The summed E-state index contributed by atoms with van der Waals surface area (Å²) in [5.74, 6) is 0. The Bertz CT molecular complexity index is 925. The summed E-state index contributed by atoms with van der Waals surface area (Å²) in [5, 5.41) is 7.99. The summed E-state index contributed by atoms with van der Waals surface area (Å²) in [7, 11) is 0. The third kappa shape index (κ3) is 5.33. The van der Waals surface area contributed by atoms with Gasteiger partial charge in [-0.1, -0.05) is 35.5 Å². The second-order valence-corrected chi connectivity index (χ2v) is 7.21. The number of oxime groups is 1. The van der Waals surface area contributed by atoms with Gasteiger partial charge in [-0.2, -0.15) is 0 Å². The molecule has 7 nitrogen and oxygen atoms in total. The number of hydrogen-bond donors (Lipinski definition) is 2. The third-order valence-electron chi connectivity index (χ3n) is 3.74. The maximum atomic E-state index is 11.7. The van der Waals surface area contributed by atoms with E-state index in [1.165, 1.54) is 0 Å². The number of alkyl carbamates (subject to hydrolysis) is 1. The molecule has 0 saturated heterocycles. The van der Waals surface area contributed by atoms with Crippen LogP contribution in [0.3, 0.4) is 0 Å². The molecule has 0 aliphatic carbocycles. The van der Waals surface area contributed by atoms with Crippen LogP contribution in [-0.2, 0) is 9.57 Å². The number of aromatic amines is 1. The lowest BCUT2D eigenvalue weighted by Gasteiger charge is -2.19. The first kappa shape index (κ1) is 19.4. The van der Waals surface area contributed by atoms with Crippen LogP contribution < -0.4 is 5.32 Å². The van der Waals surface area contributed by atoms with Gasteiger partial charge in [0.05, 0.1) is 24.0 Å². The van der Waals surface area contributed by atoms with E-state index in [0.717, 1.165) is 22.2 Å². The van der Waals surface area contributed by atoms with Crippen LogP contribution in [-0.4, -0.2) is 40.5 Å². The molecule has 2 aromatic heterocycles. The summed E-state index contributed by atoms with van der Waals surface area (Å²) in [6.45, 7) is 5.95. The minimum absolute atomic E-state index is 0.220. The van der Waals surface area contributed by atoms with Crippen molar-refractivity contribution in [3.63, 3.8) is 0 Å². The lowest BCUT2D eigenvalue weighted by molar-refractivity contribution is 0.0502. The minimum Gasteiger partial charge on any atom is -0.444 e. The number of carbonyl (C=O) groups is 1. The molecule has 0 saturated carbocycles. The zero-order chi connectivity index (χ0) is 20.0. The molecule has 28 heavy (non-hydrogen) atoms. The van der Waals surface area contributed by atoms with Crippen molar-refractivity contribution >= 4 is 22.7 Å². The molecule has 0 aliphatic heterocycles. The highest BCUT2D eigenvalue weighted by atomic mass is 16.6. The number of benzene rings is 1. The number of pyridine rings is 1. The smallest absolute Gasteiger partial charge is 0.407 e. The van der Waals surface area contributed by atoms with E-state index in [2.05, 4.69) is 20.4 Å². The molecule has 0 bridgehead atoms. The summed E-state index contributed by atoms with van der Waals surface area (Å²) in [6.07, 6.45) is 3.04. The van der Waals surface area contributed by atoms with Crippen molar-refractivity contribution in [3.05, 3.63) is 66.1 Å². The number of carbonyl (C=O) groups excluding carboxylic acids is 1. The summed E-state index contributed by atoms with van der Waals surface area (Å²) in [5.41, 5.74) is 2.81. The molecule has 0 radical (unpaired) electrons. The topological polar surface area (TPSA) is 88.6 Å². The Hall–Kier alpha value is -3.35. The summed E-state index contributed by atoms with van der Waals surface area (Å²) in [4.78, 5) is 24.6. The maximum Gasteiger partial charge on any atom is 0.407 e. The van der Waals surface area contributed by atoms with Gasteiger partial charge in [0.2, 0.25) is 0 Å². The fourth-order valence-corrected chi connectivity index (χ4v) is 2.58. The molecular weight excluding hydrogens is 356 g/mol. The molecule has 1 aromatic carbocycles. The predicted molar refractivity (Wildman–Crippen MR) is 108 cm³/mol. The van der Waals surface area contributed by atoms with Crippen LogP contribution >= 0.6 is 0 Å². The molecule has 2 heterocycles. The second-order valence-electron chi connectivity index (χ2n) is 7.21. The highest BCUT2D eigenvalue weighted by Gasteiger charge is 2.15. The van der Waals surface area contributed by atoms with Crippen LogP contribution in [0, 0.1) is 0 Å². The van der Waals surface area contributed by atoms with E-state index in [1.54, 1.807) is 12.4 Å². The van der Waals surface area contributed by atoms with E-state index < -0.39 is 11.7 Å². The molecule has 7 heteroatoms. The Morgan fingerprint density at radius 2 is 2.00 bits per heavy atom. The van der Waals surface area contributed by atoms with Gasteiger partial charge < -0.3 is 19.9 Å². The molecule has 2 N–H and O–H groups in total. The van der Waals surface area contributed by atoms with E-state index in [9.17, 15) is 4.79 Å². The standard InChI is InChI=1S/C21H24N4O3/c1-21(2,3)28-20(26)23-11-12-27-25-19(15-7-5-4-6-8-15)17-13-16-9-10-22-14-18(16)24-17/h4-10,13-14,24H,11-12H2,1-3H3,(H,23,26)/b25-19+. The lowest BCUT2D eigenvalue weighted by Crippen LogP contribution is -2.34. The number of H-pyrrole nitrogens is 1. The van der Waals surface area contributed by atoms with Crippen molar-refractivity contribution in [2.45, 2.75) is 26.4 Å². The van der Waals surface area contributed by atoms with Gasteiger partial charge in [0.1, 0.15) is 17.9 Å². The number of nitrogens with zero attached hydrogens (tertiary/aromatic N) is 2. The number of ether oxygens (including phenoxy) is 1.